The molecule has 188 valence electrons. The number of fused-ring (bicyclic) bond motifs is 1. The summed E-state index contributed by atoms with van der Waals surface area (Å²) in [5.74, 6) is 0.597. The highest BCUT2D eigenvalue weighted by Gasteiger charge is 2.23. The fourth-order valence-corrected chi connectivity index (χ4v) is 4.54. The summed E-state index contributed by atoms with van der Waals surface area (Å²) in [6, 6.07) is 20.3. The number of hydrogen-bond acceptors (Lipinski definition) is 6. The first-order valence-electron chi connectivity index (χ1n) is 12.7. The van der Waals surface area contributed by atoms with Crippen LogP contribution in [-0.4, -0.2) is 45.0 Å². The fourth-order valence-electron chi connectivity index (χ4n) is 4.54. The summed E-state index contributed by atoms with van der Waals surface area (Å²) < 4.78 is 1.76. The highest BCUT2D eigenvalue weighted by atomic mass is 16.2. The predicted molar refractivity (Wildman–Crippen MR) is 142 cm³/mol. The average Bonchev–Trinajstić information content (AvgIpc) is 3.47. The zero-order valence-electron chi connectivity index (χ0n) is 20.4. The van der Waals surface area contributed by atoms with Gasteiger partial charge in [-0.3, -0.25) is 9.59 Å². The van der Waals surface area contributed by atoms with Crippen LogP contribution in [0.1, 0.15) is 41.6 Å². The van der Waals surface area contributed by atoms with Gasteiger partial charge in [-0.15, -0.1) is 5.10 Å². The number of anilines is 2. The lowest BCUT2D eigenvalue weighted by Crippen LogP contribution is -2.35. The quantitative estimate of drug-likeness (QED) is 0.283. The molecule has 2 amide bonds. The Kier molecular flexibility index (Phi) is 6.28. The maximum Gasteiger partial charge on any atom is 0.251 e. The van der Waals surface area contributed by atoms with Crippen molar-refractivity contribution in [3.8, 4) is 11.1 Å². The number of carbonyl (C=O) groups excluding carboxylic acids is 2. The highest BCUT2D eigenvalue weighted by molar-refractivity contribution is 5.95. The number of aromatic nitrogens is 3. The number of pyridine rings is 1. The van der Waals surface area contributed by atoms with Crippen molar-refractivity contribution in [2.24, 2.45) is 0 Å². The number of nitrogens with zero attached hydrogens (tertiary/aromatic N) is 3. The predicted octanol–water partition coefficient (Wildman–Crippen LogP) is 3.40. The van der Waals surface area contributed by atoms with Gasteiger partial charge in [-0.05, 0) is 66.8 Å². The van der Waals surface area contributed by atoms with Crippen LogP contribution in [0.2, 0.25) is 0 Å². The standard InChI is InChI=1S/C28H29N7O2/c36-25-14-13-23(30-25)17-29-16-18-3-5-19(6-4-18)24-2-1-15-35-26(24)33-28(34-35)32-22-9-7-20(8-10-22)27(37)31-21-11-12-21/h1-10,15,21,23,29H,11-14,16-17H2,(H,30,36)(H,31,37)(H,32,34)/t23-/m0/s1. The van der Waals surface area contributed by atoms with E-state index in [1.54, 1.807) is 4.52 Å². The van der Waals surface area contributed by atoms with Crippen LogP contribution in [0.15, 0.2) is 66.9 Å². The van der Waals surface area contributed by atoms with Crippen LogP contribution in [0.25, 0.3) is 16.8 Å². The molecule has 4 N–H and O–H groups in total. The van der Waals surface area contributed by atoms with Gasteiger partial charge in [0, 0.05) is 54.6 Å². The van der Waals surface area contributed by atoms with Crippen LogP contribution in [0, 0.1) is 0 Å². The molecular weight excluding hydrogens is 466 g/mol. The third kappa shape index (κ3) is 5.46. The molecule has 2 aromatic carbocycles. The average molecular weight is 496 g/mol. The normalized spacial score (nSPS) is 17.1. The monoisotopic (exact) mass is 495 g/mol. The van der Waals surface area contributed by atoms with Crippen molar-refractivity contribution in [1.29, 1.82) is 0 Å². The topological polar surface area (TPSA) is 112 Å². The second-order valence-electron chi connectivity index (χ2n) is 9.71. The van der Waals surface area contributed by atoms with Crippen molar-refractivity contribution in [3.05, 3.63) is 78.0 Å². The van der Waals surface area contributed by atoms with Crippen LogP contribution >= 0.6 is 0 Å². The first-order chi connectivity index (χ1) is 18.1. The van der Waals surface area contributed by atoms with E-state index < -0.39 is 0 Å². The molecule has 0 bridgehead atoms. The van der Waals surface area contributed by atoms with Gasteiger partial charge in [0.15, 0.2) is 5.65 Å². The minimum absolute atomic E-state index is 0.0337. The van der Waals surface area contributed by atoms with E-state index in [2.05, 4.69) is 50.6 Å². The van der Waals surface area contributed by atoms with E-state index >= 15 is 0 Å². The highest BCUT2D eigenvalue weighted by Crippen LogP contribution is 2.26. The molecule has 3 heterocycles. The number of amides is 2. The third-order valence-electron chi connectivity index (χ3n) is 6.75. The molecule has 0 unspecified atom stereocenters. The molecule has 1 atom stereocenters. The van der Waals surface area contributed by atoms with E-state index in [1.165, 1.54) is 5.56 Å². The van der Waals surface area contributed by atoms with Gasteiger partial charge in [0.1, 0.15) is 0 Å². The summed E-state index contributed by atoms with van der Waals surface area (Å²) in [5.41, 5.74) is 5.44. The van der Waals surface area contributed by atoms with E-state index in [9.17, 15) is 9.59 Å². The number of benzene rings is 2. The van der Waals surface area contributed by atoms with Crippen LogP contribution < -0.4 is 21.3 Å². The Hall–Kier alpha value is -4.24. The Labute approximate surface area is 214 Å². The van der Waals surface area contributed by atoms with Gasteiger partial charge in [0.25, 0.3) is 5.91 Å². The maximum absolute atomic E-state index is 12.2. The minimum Gasteiger partial charge on any atom is -0.352 e. The van der Waals surface area contributed by atoms with Crippen LogP contribution in [0.5, 0.6) is 0 Å². The summed E-state index contributed by atoms with van der Waals surface area (Å²) in [6.45, 7) is 1.52. The lowest BCUT2D eigenvalue weighted by molar-refractivity contribution is -0.119. The summed E-state index contributed by atoms with van der Waals surface area (Å²) in [6.07, 6.45) is 5.53. The summed E-state index contributed by atoms with van der Waals surface area (Å²) >= 11 is 0. The molecule has 6 rings (SSSR count). The summed E-state index contributed by atoms with van der Waals surface area (Å²) in [4.78, 5) is 28.3. The number of carbonyl (C=O) groups is 2. The summed E-state index contributed by atoms with van der Waals surface area (Å²) in [5, 5.41) is 17.2. The third-order valence-corrected chi connectivity index (χ3v) is 6.75. The number of nitrogens with one attached hydrogen (secondary N) is 4. The zero-order valence-corrected chi connectivity index (χ0v) is 20.4. The lowest BCUT2D eigenvalue weighted by Gasteiger charge is -2.11. The zero-order chi connectivity index (χ0) is 25.2. The molecule has 9 nitrogen and oxygen atoms in total. The summed E-state index contributed by atoms with van der Waals surface area (Å²) in [7, 11) is 0. The van der Waals surface area contributed by atoms with Gasteiger partial charge in [0.2, 0.25) is 11.9 Å². The molecule has 37 heavy (non-hydrogen) atoms. The molecule has 9 heteroatoms. The molecule has 1 aliphatic carbocycles. The Morgan fingerprint density at radius 3 is 2.57 bits per heavy atom. The Morgan fingerprint density at radius 1 is 1.03 bits per heavy atom. The van der Waals surface area contributed by atoms with Crippen LogP contribution in [-0.2, 0) is 11.3 Å². The maximum atomic E-state index is 12.2. The first-order valence-corrected chi connectivity index (χ1v) is 12.7. The van der Waals surface area contributed by atoms with Gasteiger partial charge in [-0.1, -0.05) is 24.3 Å². The smallest absolute Gasteiger partial charge is 0.251 e. The number of hydrogen-bond donors (Lipinski definition) is 4. The van der Waals surface area contributed by atoms with E-state index in [0.29, 0.717) is 24.0 Å². The van der Waals surface area contributed by atoms with E-state index in [4.69, 9.17) is 4.98 Å². The van der Waals surface area contributed by atoms with Gasteiger partial charge < -0.3 is 21.3 Å². The first kappa shape index (κ1) is 23.2. The molecule has 0 radical (unpaired) electrons. The molecule has 4 aromatic rings. The Balaban J connectivity index is 1.11. The second-order valence-corrected chi connectivity index (χ2v) is 9.71. The molecule has 2 fully saturated rings. The van der Waals surface area contributed by atoms with Gasteiger partial charge in [0.05, 0.1) is 0 Å². The fraction of sp³-hybridized carbons (Fsp3) is 0.286. The SMILES string of the molecule is O=C1CC[C@@H](CNCc2ccc(-c3cccn4nc(Nc5ccc(C(=O)NC6CC6)cc5)nc34)cc2)N1. The number of rotatable bonds is 9. The van der Waals surface area contributed by atoms with Crippen molar-refractivity contribution in [2.45, 2.75) is 44.3 Å². The van der Waals surface area contributed by atoms with Crippen molar-refractivity contribution in [3.63, 3.8) is 0 Å². The molecule has 1 aliphatic heterocycles. The van der Waals surface area contributed by atoms with Crippen molar-refractivity contribution in [1.82, 2.24) is 30.5 Å². The largest absolute Gasteiger partial charge is 0.352 e. The molecule has 0 spiro atoms. The van der Waals surface area contributed by atoms with E-state index in [1.807, 2.05) is 42.6 Å². The van der Waals surface area contributed by atoms with E-state index in [0.717, 1.165) is 54.8 Å². The van der Waals surface area contributed by atoms with Gasteiger partial charge in [-0.25, -0.2) is 4.52 Å². The van der Waals surface area contributed by atoms with E-state index in [-0.39, 0.29) is 17.9 Å². The Bertz CT molecular complexity index is 1430. The van der Waals surface area contributed by atoms with Crippen LogP contribution in [0.3, 0.4) is 0 Å². The lowest BCUT2D eigenvalue weighted by atomic mass is 10.0. The van der Waals surface area contributed by atoms with Gasteiger partial charge in [-0.2, -0.15) is 4.98 Å². The van der Waals surface area contributed by atoms with Crippen molar-refractivity contribution < 1.29 is 9.59 Å². The molecular formula is C28H29N7O2. The molecule has 1 saturated carbocycles. The molecule has 2 aromatic heterocycles. The van der Waals surface area contributed by atoms with Crippen LogP contribution in [0.4, 0.5) is 11.6 Å². The van der Waals surface area contributed by atoms with Crippen molar-refractivity contribution >= 4 is 29.1 Å². The second kappa shape index (κ2) is 10.0. The molecule has 1 saturated heterocycles. The van der Waals surface area contributed by atoms with Gasteiger partial charge >= 0.3 is 0 Å². The Morgan fingerprint density at radius 2 is 1.84 bits per heavy atom. The molecule has 2 aliphatic rings. The minimum atomic E-state index is -0.0337. The van der Waals surface area contributed by atoms with Crippen molar-refractivity contribution in [2.75, 3.05) is 11.9 Å².